The number of rotatable bonds is 2. The summed E-state index contributed by atoms with van der Waals surface area (Å²) in [6.45, 7) is 3.13. The van der Waals surface area contributed by atoms with Gasteiger partial charge in [0.1, 0.15) is 0 Å². The third kappa shape index (κ3) is 3.34. The minimum Gasteiger partial charge on any atom is -0.390 e. The fourth-order valence-corrected chi connectivity index (χ4v) is 5.16. The SMILES string of the molecule is O=S1(=O)C[C@@H](N2CCN(c3cccc(Cl)c3)CC2)[C@@H](O)C1. The number of sulfone groups is 1. The third-order valence-electron chi connectivity index (χ3n) is 4.25. The molecule has 0 aliphatic carbocycles. The average molecular weight is 331 g/mol. The first kappa shape index (κ1) is 15.1. The molecule has 0 bridgehead atoms. The first-order valence-electron chi connectivity index (χ1n) is 7.08. The number of benzene rings is 1. The van der Waals surface area contributed by atoms with Gasteiger partial charge in [-0.3, -0.25) is 4.90 Å². The zero-order valence-electron chi connectivity index (χ0n) is 11.7. The van der Waals surface area contributed by atoms with Crippen LogP contribution in [0.4, 0.5) is 5.69 Å². The van der Waals surface area contributed by atoms with Crippen molar-refractivity contribution >= 4 is 27.1 Å². The average Bonchev–Trinajstić information content (AvgIpc) is 2.72. The van der Waals surface area contributed by atoms with E-state index in [-0.39, 0.29) is 17.5 Å². The number of anilines is 1. The normalized spacial score (nSPS) is 29.7. The van der Waals surface area contributed by atoms with Crippen LogP contribution in [-0.4, -0.2) is 68.3 Å². The number of piperazine rings is 1. The standard InChI is InChI=1S/C14H19ClN2O3S/c15-11-2-1-3-12(8-11)16-4-6-17(7-5-16)13-9-21(19,20)10-14(13)18/h1-3,8,13-14,18H,4-7,9-10H2/t13-,14+/m1/s1. The summed E-state index contributed by atoms with van der Waals surface area (Å²) >= 11 is 6.01. The van der Waals surface area contributed by atoms with Gasteiger partial charge >= 0.3 is 0 Å². The summed E-state index contributed by atoms with van der Waals surface area (Å²) in [4.78, 5) is 4.33. The molecule has 116 valence electrons. The van der Waals surface area contributed by atoms with Crippen LogP contribution in [-0.2, 0) is 9.84 Å². The smallest absolute Gasteiger partial charge is 0.154 e. The van der Waals surface area contributed by atoms with Crippen molar-refractivity contribution in [2.45, 2.75) is 12.1 Å². The van der Waals surface area contributed by atoms with Crippen LogP contribution in [0.3, 0.4) is 0 Å². The van der Waals surface area contributed by atoms with Gasteiger partial charge in [-0.05, 0) is 18.2 Å². The topological polar surface area (TPSA) is 60.9 Å². The number of aliphatic hydroxyl groups excluding tert-OH is 1. The van der Waals surface area contributed by atoms with E-state index in [1.54, 1.807) is 0 Å². The van der Waals surface area contributed by atoms with Gasteiger partial charge in [0.2, 0.25) is 0 Å². The van der Waals surface area contributed by atoms with E-state index in [0.717, 1.165) is 31.9 Å². The molecule has 5 nitrogen and oxygen atoms in total. The molecule has 2 aliphatic rings. The Bertz CT molecular complexity index is 614. The van der Waals surface area contributed by atoms with E-state index in [1.807, 2.05) is 24.3 Å². The maximum Gasteiger partial charge on any atom is 0.154 e. The summed E-state index contributed by atoms with van der Waals surface area (Å²) in [7, 11) is -3.09. The fraction of sp³-hybridized carbons (Fsp3) is 0.571. The Hall–Kier alpha value is -0.820. The van der Waals surface area contributed by atoms with E-state index >= 15 is 0 Å². The molecule has 2 heterocycles. The lowest BCUT2D eigenvalue weighted by Crippen LogP contribution is -2.53. The second kappa shape index (κ2) is 5.76. The number of nitrogens with zero attached hydrogens (tertiary/aromatic N) is 2. The van der Waals surface area contributed by atoms with Gasteiger partial charge in [-0.1, -0.05) is 17.7 Å². The van der Waals surface area contributed by atoms with Crippen LogP contribution < -0.4 is 4.90 Å². The van der Waals surface area contributed by atoms with Gasteiger partial charge in [0.15, 0.2) is 9.84 Å². The number of aliphatic hydroxyl groups is 1. The van der Waals surface area contributed by atoms with Crippen molar-refractivity contribution in [1.82, 2.24) is 4.90 Å². The highest BCUT2D eigenvalue weighted by Crippen LogP contribution is 2.24. The van der Waals surface area contributed by atoms with Crippen molar-refractivity contribution in [3.05, 3.63) is 29.3 Å². The van der Waals surface area contributed by atoms with E-state index < -0.39 is 15.9 Å². The molecule has 2 saturated heterocycles. The third-order valence-corrected chi connectivity index (χ3v) is 6.18. The summed E-state index contributed by atoms with van der Waals surface area (Å²) < 4.78 is 23.2. The highest BCUT2D eigenvalue weighted by molar-refractivity contribution is 7.91. The fourth-order valence-electron chi connectivity index (χ4n) is 3.14. The molecule has 2 fully saturated rings. The minimum absolute atomic E-state index is 0.0747. The van der Waals surface area contributed by atoms with Gasteiger partial charge in [-0.2, -0.15) is 0 Å². The predicted molar refractivity (Wildman–Crippen MR) is 83.7 cm³/mol. The van der Waals surface area contributed by atoms with Gasteiger partial charge < -0.3 is 10.0 Å². The highest BCUT2D eigenvalue weighted by atomic mass is 35.5. The summed E-state index contributed by atoms with van der Waals surface area (Å²) in [5, 5.41) is 10.7. The molecular formula is C14H19ClN2O3S. The maximum atomic E-state index is 11.6. The Morgan fingerprint density at radius 3 is 2.43 bits per heavy atom. The molecule has 3 rings (SSSR count). The molecule has 1 aromatic rings. The molecule has 2 atom stereocenters. The van der Waals surface area contributed by atoms with Crippen LogP contribution in [0.15, 0.2) is 24.3 Å². The number of hydrogen-bond donors (Lipinski definition) is 1. The predicted octanol–water partition coefficient (Wildman–Crippen LogP) is 0.620. The Morgan fingerprint density at radius 2 is 1.86 bits per heavy atom. The minimum atomic E-state index is -3.09. The van der Waals surface area contributed by atoms with Gasteiger partial charge in [0.25, 0.3) is 0 Å². The molecule has 7 heteroatoms. The van der Waals surface area contributed by atoms with E-state index in [9.17, 15) is 13.5 Å². The van der Waals surface area contributed by atoms with Gasteiger partial charge in [0.05, 0.1) is 23.7 Å². The zero-order valence-corrected chi connectivity index (χ0v) is 13.2. The van der Waals surface area contributed by atoms with Crippen molar-refractivity contribution in [1.29, 1.82) is 0 Å². The van der Waals surface area contributed by atoms with Crippen LogP contribution in [0.25, 0.3) is 0 Å². The van der Waals surface area contributed by atoms with Gasteiger partial charge in [0, 0.05) is 36.9 Å². The van der Waals surface area contributed by atoms with E-state index in [4.69, 9.17) is 11.6 Å². The van der Waals surface area contributed by atoms with Crippen molar-refractivity contribution in [3.8, 4) is 0 Å². The van der Waals surface area contributed by atoms with Crippen LogP contribution in [0, 0.1) is 0 Å². The van der Waals surface area contributed by atoms with Gasteiger partial charge in [-0.25, -0.2) is 8.42 Å². The van der Waals surface area contributed by atoms with Crippen molar-refractivity contribution < 1.29 is 13.5 Å². The largest absolute Gasteiger partial charge is 0.390 e. The molecule has 0 saturated carbocycles. The van der Waals surface area contributed by atoms with Crippen molar-refractivity contribution in [2.24, 2.45) is 0 Å². The first-order chi connectivity index (χ1) is 9.94. The van der Waals surface area contributed by atoms with Crippen LogP contribution in [0.5, 0.6) is 0 Å². The van der Waals surface area contributed by atoms with Crippen LogP contribution in [0.2, 0.25) is 5.02 Å². The Morgan fingerprint density at radius 1 is 1.14 bits per heavy atom. The Balaban J connectivity index is 1.63. The highest BCUT2D eigenvalue weighted by Gasteiger charge is 2.40. The lowest BCUT2D eigenvalue weighted by atomic mass is 10.1. The van der Waals surface area contributed by atoms with E-state index in [2.05, 4.69) is 9.80 Å². The second-order valence-electron chi connectivity index (χ2n) is 5.71. The van der Waals surface area contributed by atoms with Crippen molar-refractivity contribution in [3.63, 3.8) is 0 Å². The molecule has 0 unspecified atom stereocenters. The van der Waals surface area contributed by atoms with Crippen molar-refractivity contribution in [2.75, 3.05) is 42.6 Å². The Labute approximate surface area is 130 Å². The summed E-state index contributed by atoms with van der Waals surface area (Å²) in [5.74, 6) is -0.0303. The van der Waals surface area contributed by atoms with E-state index in [1.165, 1.54) is 0 Å². The lowest BCUT2D eigenvalue weighted by molar-refractivity contribution is 0.0793. The molecule has 0 radical (unpaired) electrons. The van der Waals surface area contributed by atoms with E-state index in [0.29, 0.717) is 5.02 Å². The molecule has 1 aromatic carbocycles. The molecule has 0 amide bonds. The summed E-state index contributed by atoms with van der Waals surface area (Å²) in [5.41, 5.74) is 1.08. The van der Waals surface area contributed by atoms with Crippen LogP contribution in [0.1, 0.15) is 0 Å². The zero-order chi connectivity index (χ0) is 15.0. The molecular weight excluding hydrogens is 312 g/mol. The van der Waals surface area contributed by atoms with Crippen LogP contribution >= 0.6 is 11.6 Å². The molecule has 0 spiro atoms. The molecule has 1 N–H and O–H groups in total. The number of halogens is 1. The first-order valence-corrected chi connectivity index (χ1v) is 9.28. The summed E-state index contributed by atoms with van der Waals surface area (Å²) in [6.07, 6.45) is -0.757. The molecule has 0 aromatic heterocycles. The lowest BCUT2D eigenvalue weighted by Gasteiger charge is -2.39. The van der Waals surface area contributed by atoms with Gasteiger partial charge in [-0.15, -0.1) is 0 Å². The molecule has 21 heavy (non-hydrogen) atoms. The number of hydrogen-bond acceptors (Lipinski definition) is 5. The second-order valence-corrected chi connectivity index (χ2v) is 8.30. The summed E-state index contributed by atoms with van der Waals surface area (Å²) in [6, 6.07) is 7.48. The monoisotopic (exact) mass is 330 g/mol. The maximum absolute atomic E-state index is 11.6. The Kier molecular flexibility index (Phi) is 4.14. The quantitative estimate of drug-likeness (QED) is 0.861. The molecule has 2 aliphatic heterocycles.